The number of ketones is 1. The van der Waals surface area contributed by atoms with Gasteiger partial charge in [-0.1, -0.05) is 29.3 Å². The zero-order valence-corrected chi connectivity index (χ0v) is 20.2. The zero-order valence-electron chi connectivity index (χ0n) is 18.7. The number of hydrogen-bond donors (Lipinski definition) is 2. The van der Waals surface area contributed by atoms with E-state index in [1.807, 2.05) is 0 Å². The standard InChI is InChI=1S/C26H19Cl2N3O4/c1-14-3-4-17(24(33)29-19-9-5-16(6-10-19)15(2)32)13-21(14)30-23-22(28)25(34)31(26(23)35)20-11-7-18(27)8-12-20/h3-13,30H,1-2H3,(H,29,33). The molecule has 0 aromatic heterocycles. The van der Waals surface area contributed by atoms with Crippen LogP contribution in [0.1, 0.15) is 33.2 Å². The van der Waals surface area contributed by atoms with Crippen molar-refractivity contribution in [1.29, 1.82) is 0 Å². The summed E-state index contributed by atoms with van der Waals surface area (Å²) in [4.78, 5) is 50.9. The largest absolute Gasteiger partial charge is 0.349 e. The van der Waals surface area contributed by atoms with Gasteiger partial charge in [0.25, 0.3) is 17.7 Å². The molecule has 176 valence electrons. The van der Waals surface area contributed by atoms with Crippen LogP contribution in [-0.2, 0) is 9.59 Å². The molecule has 9 heteroatoms. The van der Waals surface area contributed by atoms with Gasteiger partial charge in [0.05, 0.1) is 5.69 Å². The number of nitrogens with zero attached hydrogens (tertiary/aromatic N) is 1. The predicted molar refractivity (Wildman–Crippen MR) is 136 cm³/mol. The van der Waals surface area contributed by atoms with Crippen molar-refractivity contribution in [2.75, 3.05) is 15.5 Å². The molecule has 1 aliphatic heterocycles. The second kappa shape index (κ2) is 9.74. The second-order valence-corrected chi connectivity index (χ2v) is 8.67. The van der Waals surface area contributed by atoms with E-state index in [4.69, 9.17) is 23.2 Å². The fraction of sp³-hybridized carbons (Fsp3) is 0.0769. The normalized spacial score (nSPS) is 13.3. The van der Waals surface area contributed by atoms with Gasteiger partial charge in [0.2, 0.25) is 0 Å². The first-order valence-corrected chi connectivity index (χ1v) is 11.3. The number of aryl methyl sites for hydroxylation is 1. The average molecular weight is 508 g/mol. The topological polar surface area (TPSA) is 95.6 Å². The van der Waals surface area contributed by atoms with Gasteiger partial charge in [-0.05, 0) is 80.1 Å². The van der Waals surface area contributed by atoms with Crippen LogP contribution in [0.25, 0.3) is 0 Å². The van der Waals surface area contributed by atoms with Crippen LogP contribution in [0.4, 0.5) is 17.1 Å². The molecule has 1 heterocycles. The molecule has 2 N–H and O–H groups in total. The maximum absolute atomic E-state index is 13.0. The summed E-state index contributed by atoms with van der Waals surface area (Å²) < 4.78 is 0. The highest BCUT2D eigenvalue weighted by molar-refractivity contribution is 6.53. The number of carbonyl (C=O) groups is 4. The summed E-state index contributed by atoms with van der Waals surface area (Å²) >= 11 is 12.1. The quantitative estimate of drug-likeness (QED) is 0.337. The molecule has 35 heavy (non-hydrogen) atoms. The van der Waals surface area contributed by atoms with Crippen LogP contribution in [0.15, 0.2) is 77.5 Å². The van der Waals surface area contributed by atoms with Gasteiger partial charge >= 0.3 is 0 Å². The van der Waals surface area contributed by atoms with Gasteiger partial charge in [0, 0.05) is 27.5 Å². The SMILES string of the molecule is CC(=O)c1ccc(NC(=O)c2ccc(C)c(NC3=C(Cl)C(=O)N(c4ccc(Cl)cc4)C3=O)c2)cc1. The minimum atomic E-state index is -0.665. The Balaban J connectivity index is 1.55. The molecule has 3 amide bonds. The van der Waals surface area contributed by atoms with Gasteiger partial charge in [0.15, 0.2) is 5.78 Å². The number of Topliss-reactive ketones (excluding diaryl/α,β-unsaturated/α-hetero) is 1. The highest BCUT2D eigenvalue weighted by Crippen LogP contribution is 2.31. The summed E-state index contributed by atoms with van der Waals surface area (Å²) in [5.74, 6) is -1.75. The fourth-order valence-electron chi connectivity index (χ4n) is 3.46. The minimum Gasteiger partial charge on any atom is -0.349 e. The van der Waals surface area contributed by atoms with Crippen molar-refractivity contribution in [3.63, 3.8) is 0 Å². The van der Waals surface area contributed by atoms with Crippen LogP contribution < -0.4 is 15.5 Å². The lowest BCUT2D eigenvalue weighted by atomic mass is 10.1. The van der Waals surface area contributed by atoms with E-state index in [-0.39, 0.29) is 22.4 Å². The van der Waals surface area contributed by atoms with Gasteiger partial charge in [-0.3, -0.25) is 19.2 Å². The van der Waals surface area contributed by atoms with Crippen LogP contribution in [0.5, 0.6) is 0 Å². The Hall–Kier alpha value is -3.94. The number of rotatable bonds is 6. The van der Waals surface area contributed by atoms with Crippen molar-refractivity contribution in [2.24, 2.45) is 0 Å². The Morgan fingerprint density at radius 3 is 2.09 bits per heavy atom. The third kappa shape index (κ3) is 4.96. The Labute approximate surface area is 211 Å². The van der Waals surface area contributed by atoms with Gasteiger partial charge in [-0.2, -0.15) is 0 Å². The molecule has 0 aliphatic carbocycles. The van der Waals surface area contributed by atoms with E-state index in [1.54, 1.807) is 73.7 Å². The van der Waals surface area contributed by atoms with E-state index in [2.05, 4.69) is 10.6 Å². The molecule has 0 fully saturated rings. The summed E-state index contributed by atoms with van der Waals surface area (Å²) in [6, 6.07) is 17.7. The van der Waals surface area contributed by atoms with E-state index < -0.39 is 11.8 Å². The Kier molecular flexibility index (Phi) is 6.73. The predicted octanol–water partition coefficient (Wildman–Crippen LogP) is 5.54. The molecule has 0 saturated carbocycles. The lowest BCUT2D eigenvalue weighted by Crippen LogP contribution is -2.32. The van der Waals surface area contributed by atoms with Crippen LogP contribution in [-0.4, -0.2) is 23.5 Å². The molecule has 3 aromatic carbocycles. The molecule has 0 spiro atoms. The summed E-state index contributed by atoms with van der Waals surface area (Å²) in [7, 11) is 0. The molecular formula is C26H19Cl2N3O4. The molecule has 4 rings (SSSR count). The van der Waals surface area contributed by atoms with Crippen molar-refractivity contribution in [2.45, 2.75) is 13.8 Å². The van der Waals surface area contributed by atoms with Crippen molar-refractivity contribution >= 4 is 63.8 Å². The van der Waals surface area contributed by atoms with E-state index in [0.29, 0.717) is 33.2 Å². The number of anilines is 3. The zero-order chi connectivity index (χ0) is 25.3. The maximum atomic E-state index is 13.0. The minimum absolute atomic E-state index is 0.0698. The van der Waals surface area contributed by atoms with Crippen LogP contribution in [0.3, 0.4) is 0 Å². The number of halogens is 2. The average Bonchev–Trinajstić information content (AvgIpc) is 3.04. The first-order chi connectivity index (χ1) is 16.7. The molecule has 0 saturated heterocycles. The molecule has 0 atom stereocenters. The summed E-state index contributed by atoms with van der Waals surface area (Å²) in [6.45, 7) is 3.25. The summed E-state index contributed by atoms with van der Waals surface area (Å²) in [5, 5.41) is 5.89. The van der Waals surface area contributed by atoms with Gasteiger partial charge < -0.3 is 10.6 Å². The van der Waals surface area contributed by atoms with E-state index >= 15 is 0 Å². The van der Waals surface area contributed by atoms with E-state index in [0.717, 1.165) is 10.5 Å². The van der Waals surface area contributed by atoms with E-state index in [9.17, 15) is 19.2 Å². The third-order valence-electron chi connectivity index (χ3n) is 5.42. The third-order valence-corrected chi connectivity index (χ3v) is 6.02. The van der Waals surface area contributed by atoms with Crippen molar-refractivity contribution in [3.8, 4) is 0 Å². The molecule has 1 aliphatic rings. The highest BCUT2D eigenvalue weighted by atomic mass is 35.5. The van der Waals surface area contributed by atoms with Crippen molar-refractivity contribution in [3.05, 3.63) is 99.2 Å². The van der Waals surface area contributed by atoms with Crippen LogP contribution >= 0.6 is 23.2 Å². The molecule has 0 bridgehead atoms. The second-order valence-electron chi connectivity index (χ2n) is 7.85. The Morgan fingerprint density at radius 1 is 0.829 bits per heavy atom. The summed E-state index contributed by atoms with van der Waals surface area (Å²) in [6.07, 6.45) is 0. The summed E-state index contributed by atoms with van der Waals surface area (Å²) in [5.41, 5.74) is 2.80. The lowest BCUT2D eigenvalue weighted by molar-refractivity contribution is -0.120. The molecule has 3 aromatic rings. The van der Waals surface area contributed by atoms with Crippen LogP contribution in [0, 0.1) is 6.92 Å². The maximum Gasteiger partial charge on any atom is 0.283 e. The Morgan fingerprint density at radius 2 is 1.46 bits per heavy atom. The van der Waals surface area contributed by atoms with Crippen molar-refractivity contribution in [1.82, 2.24) is 0 Å². The molecule has 0 unspecified atom stereocenters. The molecule has 7 nitrogen and oxygen atoms in total. The monoisotopic (exact) mass is 507 g/mol. The van der Waals surface area contributed by atoms with E-state index in [1.165, 1.54) is 6.92 Å². The molecular weight excluding hydrogens is 489 g/mol. The highest BCUT2D eigenvalue weighted by Gasteiger charge is 2.39. The number of benzene rings is 3. The number of nitrogens with one attached hydrogen (secondary N) is 2. The number of carbonyl (C=O) groups excluding carboxylic acids is 4. The van der Waals surface area contributed by atoms with Crippen molar-refractivity contribution < 1.29 is 19.2 Å². The first-order valence-electron chi connectivity index (χ1n) is 10.5. The van der Waals surface area contributed by atoms with Gasteiger partial charge in [0.1, 0.15) is 10.7 Å². The number of hydrogen-bond acceptors (Lipinski definition) is 5. The Bertz CT molecular complexity index is 1400. The van der Waals surface area contributed by atoms with Gasteiger partial charge in [-0.25, -0.2) is 4.90 Å². The lowest BCUT2D eigenvalue weighted by Gasteiger charge is -2.16. The number of imide groups is 1. The smallest absolute Gasteiger partial charge is 0.283 e. The first kappa shape index (κ1) is 24.2. The van der Waals surface area contributed by atoms with Gasteiger partial charge in [-0.15, -0.1) is 0 Å². The van der Waals surface area contributed by atoms with Crippen LogP contribution in [0.2, 0.25) is 5.02 Å². The number of amides is 3. The molecule has 0 radical (unpaired) electrons. The fourth-order valence-corrected chi connectivity index (χ4v) is 3.80.